The summed E-state index contributed by atoms with van der Waals surface area (Å²) >= 11 is 0. The van der Waals surface area contributed by atoms with Crippen molar-refractivity contribution in [3.05, 3.63) is 108 Å². The first kappa shape index (κ1) is 20.6. The molecule has 4 aromatic heterocycles. The van der Waals surface area contributed by atoms with E-state index in [9.17, 15) is 4.79 Å². The molecule has 1 aromatic carbocycles. The molecule has 1 atom stereocenters. The topological polar surface area (TPSA) is 99.3 Å². The van der Waals surface area contributed by atoms with E-state index in [2.05, 4.69) is 54.8 Å². The van der Waals surface area contributed by atoms with Crippen LogP contribution in [0.15, 0.2) is 96.6 Å². The highest BCUT2D eigenvalue weighted by molar-refractivity contribution is 5.96. The van der Waals surface area contributed by atoms with Crippen molar-refractivity contribution in [2.24, 2.45) is 5.92 Å². The second-order valence-corrected chi connectivity index (χ2v) is 9.30. The molecule has 0 radical (unpaired) electrons. The van der Waals surface area contributed by atoms with Crippen molar-refractivity contribution in [1.29, 1.82) is 0 Å². The highest BCUT2D eigenvalue weighted by atomic mass is 16.1. The van der Waals surface area contributed by atoms with E-state index in [4.69, 9.17) is 0 Å². The zero-order valence-corrected chi connectivity index (χ0v) is 19.3. The minimum Gasteiger partial charge on any atom is -0.352 e. The average molecular weight is 471 g/mol. The number of aromatic nitrogens is 5. The van der Waals surface area contributed by atoms with E-state index in [0.717, 1.165) is 56.5 Å². The lowest BCUT2D eigenvalue weighted by atomic mass is 10.0. The number of pyridine rings is 2. The van der Waals surface area contributed by atoms with Gasteiger partial charge in [-0.2, -0.15) is 5.10 Å². The van der Waals surface area contributed by atoms with Gasteiger partial charge in [-0.25, -0.2) is 4.98 Å². The third kappa shape index (κ3) is 3.80. The Morgan fingerprint density at radius 3 is 2.89 bits per heavy atom. The molecule has 0 saturated heterocycles. The zero-order valence-electron chi connectivity index (χ0n) is 19.3. The number of hydrogen-bond donors (Lipinski definition) is 3. The highest BCUT2D eigenvalue weighted by Crippen LogP contribution is 2.43. The highest BCUT2D eigenvalue weighted by Gasteiger charge is 2.30. The lowest BCUT2D eigenvalue weighted by molar-refractivity contribution is -0.119. The van der Waals surface area contributed by atoms with Crippen molar-refractivity contribution in [2.45, 2.75) is 12.8 Å². The minimum atomic E-state index is -0.0262. The van der Waals surface area contributed by atoms with Crippen LogP contribution in [0, 0.1) is 5.92 Å². The van der Waals surface area contributed by atoms with Crippen LogP contribution in [0.4, 0.5) is 0 Å². The average Bonchev–Trinajstić information content (AvgIpc) is 3.30. The van der Waals surface area contributed by atoms with Gasteiger partial charge in [-0.3, -0.25) is 14.9 Å². The Balaban J connectivity index is 1.22. The molecule has 1 unspecified atom stereocenters. The maximum atomic E-state index is 12.7. The van der Waals surface area contributed by atoms with Crippen LogP contribution >= 0.6 is 0 Å². The van der Waals surface area contributed by atoms with Gasteiger partial charge in [0.05, 0.1) is 29.5 Å². The molecule has 4 heterocycles. The largest absolute Gasteiger partial charge is 0.352 e. The Morgan fingerprint density at radius 1 is 1.08 bits per heavy atom. The second-order valence-electron chi connectivity index (χ2n) is 9.30. The summed E-state index contributed by atoms with van der Waals surface area (Å²) in [5.74, 6) is 0.377. The summed E-state index contributed by atoms with van der Waals surface area (Å²) in [5.41, 5.74) is 8.61. The molecular formula is C29H22N6O. The third-order valence-electron chi connectivity index (χ3n) is 6.73. The summed E-state index contributed by atoms with van der Waals surface area (Å²) in [4.78, 5) is 25.0. The molecule has 2 aliphatic carbocycles. The van der Waals surface area contributed by atoms with E-state index >= 15 is 0 Å². The monoisotopic (exact) mass is 470 g/mol. The number of nitrogens with zero attached hydrogens (tertiary/aromatic N) is 3. The fourth-order valence-electron chi connectivity index (χ4n) is 4.81. The van der Waals surface area contributed by atoms with Crippen LogP contribution in [0.3, 0.4) is 0 Å². The number of allylic oxidation sites excluding steroid dienone is 5. The fraction of sp³-hybridized carbons (Fsp3) is 0.103. The van der Waals surface area contributed by atoms with Crippen molar-refractivity contribution < 1.29 is 4.79 Å². The molecule has 5 aromatic rings. The number of nitrogens with one attached hydrogen (secondary N) is 3. The molecule has 0 aliphatic heterocycles. The Labute approximate surface area is 206 Å². The molecule has 7 rings (SSSR count). The molecule has 0 spiro atoms. The molecule has 174 valence electrons. The Morgan fingerprint density at radius 2 is 2.00 bits per heavy atom. The fourth-order valence-corrected chi connectivity index (χ4v) is 4.81. The van der Waals surface area contributed by atoms with Crippen molar-refractivity contribution in [2.75, 3.05) is 0 Å². The van der Waals surface area contributed by atoms with E-state index in [1.54, 1.807) is 6.20 Å². The van der Waals surface area contributed by atoms with Crippen LogP contribution in [0.25, 0.3) is 38.9 Å². The predicted octanol–water partition coefficient (Wildman–Crippen LogP) is 5.09. The van der Waals surface area contributed by atoms with Crippen molar-refractivity contribution >= 4 is 33.4 Å². The quantitative estimate of drug-likeness (QED) is 0.333. The van der Waals surface area contributed by atoms with Crippen LogP contribution in [0.1, 0.15) is 17.5 Å². The van der Waals surface area contributed by atoms with E-state index in [1.165, 1.54) is 5.57 Å². The number of benzene rings is 1. The van der Waals surface area contributed by atoms with Gasteiger partial charge in [-0.05, 0) is 47.9 Å². The van der Waals surface area contributed by atoms with Crippen LogP contribution in [-0.2, 0) is 11.2 Å². The van der Waals surface area contributed by atoms with E-state index < -0.39 is 0 Å². The first-order chi connectivity index (χ1) is 17.7. The lowest BCUT2D eigenvalue weighted by Crippen LogP contribution is -2.23. The molecule has 7 heteroatoms. The van der Waals surface area contributed by atoms with E-state index in [1.807, 2.05) is 54.9 Å². The number of rotatable bonds is 5. The predicted molar refractivity (Wildman–Crippen MR) is 140 cm³/mol. The molecule has 3 N–H and O–H groups in total. The molecular weight excluding hydrogens is 448 g/mol. The maximum Gasteiger partial charge on any atom is 0.228 e. The zero-order chi connectivity index (χ0) is 24.1. The molecule has 1 amide bonds. The summed E-state index contributed by atoms with van der Waals surface area (Å²) in [7, 11) is 0. The number of carbonyl (C=O) groups excluding carboxylic acids is 1. The number of fused-ring (bicyclic) bond motifs is 3. The van der Waals surface area contributed by atoms with Crippen LogP contribution in [-0.4, -0.2) is 31.1 Å². The number of carbonyl (C=O) groups is 1. The van der Waals surface area contributed by atoms with Gasteiger partial charge < -0.3 is 10.3 Å². The smallest absolute Gasteiger partial charge is 0.228 e. The molecule has 0 bridgehead atoms. The summed E-state index contributed by atoms with van der Waals surface area (Å²) < 4.78 is 0. The lowest BCUT2D eigenvalue weighted by Gasteiger charge is -2.08. The number of hydrogen-bond acceptors (Lipinski definition) is 4. The summed E-state index contributed by atoms with van der Waals surface area (Å²) in [5, 5.41) is 12.7. The summed E-state index contributed by atoms with van der Waals surface area (Å²) in [6, 6.07) is 16.0. The van der Waals surface area contributed by atoms with Crippen LogP contribution in [0.5, 0.6) is 0 Å². The minimum absolute atomic E-state index is 0.0262. The molecule has 2 aliphatic rings. The van der Waals surface area contributed by atoms with Gasteiger partial charge in [-0.1, -0.05) is 42.0 Å². The van der Waals surface area contributed by atoms with Gasteiger partial charge in [0.25, 0.3) is 0 Å². The molecule has 1 saturated carbocycles. The standard InChI is InChI=1S/C29H22N6O/c36-27(8-17-4-2-1-3-5-17)32-23-11-20-9-19(20)10-21(12-23)22-13-24-28(34-35-29(24)31-15-22)25-14-18-6-7-30-16-26(18)33-25/h1-7,10-16,19,33H,8-9H2,(H,32,36)(H,31,34,35). The van der Waals surface area contributed by atoms with Gasteiger partial charge >= 0.3 is 0 Å². The van der Waals surface area contributed by atoms with E-state index in [-0.39, 0.29) is 5.91 Å². The maximum absolute atomic E-state index is 12.7. The summed E-state index contributed by atoms with van der Waals surface area (Å²) in [6.45, 7) is 0. The number of amides is 1. The van der Waals surface area contributed by atoms with Crippen molar-refractivity contribution in [1.82, 2.24) is 30.5 Å². The first-order valence-electron chi connectivity index (χ1n) is 11.9. The van der Waals surface area contributed by atoms with E-state index in [0.29, 0.717) is 18.0 Å². The first-order valence-corrected chi connectivity index (χ1v) is 11.9. The number of H-pyrrole nitrogens is 2. The van der Waals surface area contributed by atoms with Crippen LogP contribution in [0.2, 0.25) is 0 Å². The Bertz CT molecular complexity index is 1700. The van der Waals surface area contributed by atoms with Crippen molar-refractivity contribution in [3.8, 4) is 11.4 Å². The SMILES string of the molecule is O=C(Cc1ccccc1)NC1=CC(c2cnc3n[nH]c(-c4cc5ccncc5[nH]4)c3c2)=CC2CC2=C1. The molecule has 7 nitrogen and oxygen atoms in total. The van der Waals surface area contributed by atoms with Crippen molar-refractivity contribution in [3.63, 3.8) is 0 Å². The van der Waals surface area contributed by atoms with Gasteiger partial charge in [-0.15, -0.1) is 0 Å². The summed E-state index contributed by atoms with van der Waals surface area (Å²) in [6.07, 6.45) is 13.2. The van der Waals surface area contributed by atoms with Gasteiger partial charge in [0.1, 0.15) is 0 Å². The van der Waals surface area contributed by atoms with Gasteiger partial charge in [0.2, 0.25) is 5.91 Å². The van der Waals surface area contributed by atoms with Gasteiger partial charge in [0, 0.05) is 40.3 Å². The Hall–Kier alpha value is -4.78. The normalized spacial score (nSPS) is 16.7. The number of aromatic amines is 2. The molecule has 1 fully saturated rings. The Kier molecular flexibility index (Phi) is 4.67. The third-order valence-corrected chi connectivity index (χ3v) is 6.73. The second kappa shape index (κ2) is 8.16. The van der Waals surface area contributed by atoms with Crippen LogP contribution < -0.4 is 5.32 Å². The van der Waals surface area contributed by atoms with Gasteiger partial charge in [0.15, 0.2) is 5.65 Å². The molecule has 36 heavy (non-hydrogen) atoms.